The normalized spacial score (nSPS) is 14.3. The molecule has 0 fully saturated rings. The molecule has 0 N–H and O–H groups in total. The number of rotatable bonds is 10. The quantitative estimate of drug-likeness (QED) is 0.427. The maximum atomic E-state index is 8.13. The molecule has 0 aliphatic heterocycles. The fourth-order valence-electron chi connectivity index (χ4n) is 1.88. The fraction of sp³-hybridized carbons (Fsp3) is 0.556. The Morgan fingerprint density at radius 2 is 1.84 bits per heavy atom. The van der Waals surface area contributed by atoms with Gasteiger partial charge in [-0.25, -0.2) is 0 Å². The van der Waals surface area contributed by atoms with Crippen molar-refractivity contribution in [1.29, 1.82) is 0 Å². The number of ether oxygens (including phenoxy) is 1. The second-order valence-electron chi connectivity index (χ2n) is 4.71. The molecule has 1 heteroatoms. The molecular weight excluding hydrogens is 232 g/mol. The maximum Gasteiger partial charge on any atom is 0.118 e. The Kier molecular flexibility index (Phi) is 7.15. The first-order valence-corrected chi connectivity index (χ1v) is 7.22. The van der Waals surface area contributed by atoms with E-state index in [1.807, 2.05) is 30.3 Å². The van der Waals surface area contributed by atoms with E-state index >= 15 is 0 Å². The first-order valence-electron chi connectivity index (χ1n) is 8.22. The molecular formula is C18H26O. The van der Waals surface area contributed by atoms with Crippen molar-refractivity contribution in [3.63, 3.8) is 0 Å². The van der Waals surface area contributed by atoms with Gasteiger partial charge in [0.1, 0.15) is 6.10 Å². The zero-order valence-electron chi connectivity index (χ0n) is 13.9. The molecule has 0 spiro atoms. The summed E-state index contributed by atoms with van der Waals surface area (Å²) < 4.78 is 21.9. The molecule has 1 nitrogen and oxygen atoms in total. The predicted molar refractivity (Wildman–Crippen MR) is 81.8 cm³/mol. The number of hydrogen-bond donors (Lipinski definition) is 0. The second kappa shape index (κ2) is 10.6. The maximum absolute atomic E-state index is 8.13. The van der Waals surface area contributed by atoms with Gasteiger partial charge in [0, 0.05) is 2.74 Å². The van der Waals surface area contributed by atoms with Crippen molar-refractivity contribution in [2.75, 3.05) is 0 Å². The Bertz CT molecular complexity index is 423. The van der Waals surface area contributed by atoms with Crippen LogP contribution in [0.2, 0.25) is 0 Å². The van der Waals surface area contributed by atoms with E-state index in [1.165, 1.54) is 12.8 Å². The number of benzene rings is 1. The van der Waals surface area contributed by atoms with Crippen LogP contribution in [0.1, 0.15) is 60.1 Å². The summed E-state index contributed by atoms with van der Waals surface area (Å²) in [4.78, 5) is 0. The first kappa shape index (κ1) is 12.8. The molecule has 1 unspecified atom stereocenters. The summed E-state index contributed by atoms with van der Waals surface area (Å²) >= 11 is 0. The molecule has 104 valence electrons. The van der Waals surface area contributed by atoms with E-state index in [4.69, 9.17) is 13.9 Å². The van der Waals surface area contributed by atoms with E-state index in [0.717, 1.165) is 24.8 Å². The molecule has 0 radical (unpaired) electrons. The van der Waals surface area contributed by atoms with E-state index in [9.17, 15) is 0 Å². The van der Waals surface area contributed by atoms with Crippen molar-refractivity contribution in [2.24, 2.45) is 0 Å². The molecule has 0 heterocycles. The van der Waals surface area contributed by atoms with E-state index in [1.54, 1.807) is 0 Å². The van der Waals surface area contributed by atoms with E-state index in [2.05, 4.69) is 12.8 Å². The Morgan fingerprint density at radius 3 is 2.53 bits per heavy atom. The molecule has 0 saturated carbocycles. The smallest absolute Gasteiger partial charge is 0.118 e. The summed E-state index contributed by atoms with van der Waals surface area (Å²) in [5, 5.41) is 0. The van der Waals surface area contributed by atoms with Crippen LogP contribution in [0, 0.1) is 12.3 Å². The van der Waals surface area contributed by atoms with Gasteiger partial charge in [-0.2, -0.15) is 0 Å². The zero-order valence-corrected chi connectivity index (χ0v) is 11.9. The van der Waals surface area contributed by atoms with Gasteiger partial charge in [-0.15, -0.1) is 6.42 Å². The van der Waals surface area contributed by atoms with E-state index < -0.39 is 12.5 Å². The molecule has 0 aliphatic rings. The van der Waals surface area contributed by atoms with Crippen molar-refractivity contribution in [3.05, 3.63) is 35.9 Å². The molecule has 1 aromatic carbocycles. The summed E-state index contributed by atoms with van der Waals surface area (Å²) in [7, 11) is 0. The van der Waals surface area contributed by atoms with Crippen LogP contribution >= 0.6 is 0 Å². The van der Waals surface area contributed by atoms with Crippen molar-refractivity contribution in [3.8, 4) is 12.3 Å². The van der Waals surface area contributed by atoms with Crippen LogP contribution in [0.5, 0.6) is 0 Å². The van der Waals surface area contributed by atoms with E-state index in [0.29, 0.717) is 13.0 Å². The SMILES string of the molecule is [2H]C([2H])(CCCCCCC)C(C#C)OCc1ccccc1. The summed E-state index contributed by atoms with van der Waals surface area (Å²) in [5.41, 5.74) is 1.01. The molecule has 1 aromatic rings. The highest BCUT2D eigenvalue weighted by atomic mass is 16.5. The third-order valence-electron chi connectivity index (χ3n) is 3.02. The van der Waals surface area contributed by atoms with Gasteiger partial charge in [0.25, 0.3) is 0 Å². The molecule has 0 bridgehead atoms. The number of hydrogen-bond acceptors (Lipinski definition) is 1. The van der Waals surface area contributed by atoms with Crippen LogP contribution in [0.25, 0.3) is 0 Å². The van der Waals surface area contributed by atoms with Gasteiger partial charge in [-0.05, 0) is 18.4 Å². The number of terminal acetylenes is 1. The Hall–Kier alpha value is -1.26. The highest BCUT2D eigenvalue weighted by molar-refractivity contribution is 5.13. The average Bonchev–Trinajstić information content (AvgIpc) is 2.48. The summed E-state index contributed by atoms with van der Waals surface area (Å²) in [6.07, 6.45) is 9.16. The largest absolute Gasteiger partial charge is 0.361 e. The van der Waals surface area contributed by atoms with Gasteiger partial charge in [0.05, 0.1) is 6.61 Å². The highest BCUT2D eigenvalue weighted by Gasteiger charge is 2.05. The lowest BCUT2D eigenvalue weighted by Crippen LogP contribution is -2.10. The van der Waals surface area contributed by atoms with Gasteiger partial charge in [0.15, 0.2) is 0 Å². The van der Waals surface area contributed by atoms with Crippen LogP contribution in [-0.2, 0) is 11.3 Å². The van der Waals surface area contributed by atoms with Gasteiger partial charge in [-0.1, -0.05) is 75.3 Å². The van der Waals surface area contributed by atoms with Gasteiger partial charge < -0.3 is 4.74 Å². The average molecular weight is 260 g/mol. The molecule has 0 aromatic heterocycles. The van der Waals surface area contributed by atoms with Gasteiger partial charge >= 0.3 is 0 Å². The van der Waals surface area contributed by atoms with Crippen LogP contribution in [0.3, 0.4) is 0 Å². The molecule has 0 aliphatic carbocycles. The summed E-state index contributed by atoms with van der Waals surface area (Å²) in [6, 6.07) is 9.72. The second-order valence-corrected chi connectivity index (χ2v) is 4.71. The molecule has 0 saturated heterocycles. The molecule has 0 amide bonds. The van der Waals surface area contributed by atoms with Gasteiger partial charge in [0.2, 0.25) is 0 Å². The lowest BCUT2D eigenvalue weighted by atomic mass is 10.1. The minimum atomic E-state index is -1.46. The lowest BCUT2D eigenvalue weighted by molar-refractivity contribution is 0.0710. The zero-order chi connectivity index (χ0) is 15.6. The van der Waals surface area contributed by atoms with Crippen molar-refractivity contribution in [1.82, 2.24) is 0 Å². The third-order valence-corrected chi connectivity index (χ3v) is 3.02. The fourth-order valence-corrected chi connectivity index (χ4v) is 1.88. The molecule has 1 rings (SSSR count). The standard InChI is InChI=1S/C18H26O/c1-3-5-6-7-8-12-15-18(4-2)19-16-17-13-10-9-11-14-17/h2,9-11,13-14,18H,3,5-8,12,15-16H2,1H3/i15D2. The predicted octanol–water partition coefficient (Wildman–Crippen LogP) is 4.96. The Labute approximate surface area is 121 Å². The Morgan fingerprint density at radius 1 is 1.16 bits per heavy atom. The monoisotopic (exact) mass is 260 g/mol. The van der Waals surface area contributed by atoms with Crippen LogP contribution in [-0.4, -0.2) is 6.10 Å². The highest BCUT2D eigenvalue weighted by Crippen LogP contribution is 2.11. The first-order chi connectivity index (χ1) is 10.1. The van der Waals surface area contributed by atoms with Crippen molar-refractivity contribution in [2.45, 2.75) is 64.5 Å². The minimum Gasteiger partial charge on any atom is -0.361 e. The number of unbranched alkanes of at least 4 members (excludes halogenated alkanes) is 4. The minimum absolute atomic E-state index is 0.352. The van der Waals surface area contributed by atoms with Crippen LogP contribution in [0.15, 0.2) is 30.3 Å². The van der Waals surface area contributed by atoms with Crippen LogP contribution < -0.4 is 0 Å². The topological polar surface area (TPSA) is 9.23 Å². The molecule has 19 heavy (non-hydrogen) atoms. The van der Waals surface area contributed by atoms with Crippen molar-refractivity contribution >= 4 is 0 Å². The van der Waals surface area contributed by atoms with E-state index in [-0.39, 0.29) is 0 Å². The third kappa shape index (κ3) is 7.70. The van der Waals surface area contributed by atoms with Crippen molar-refractivity contribution < 1.29 is 7.48 Å². The summed E-state index contributed by atoms with van der Waals surface area (Å²) in [6.45, 7) is 2.52. The lowest BCUT2D eigenvalue weighted by Gasteiger charge is -2.12. The summed E-state index contributed by atoms with van der Waals surface area (Å²) in [5.74, 6) is 2.47. The van der Waals surface area contributed by atoms with Crippen LogP contribution in [0.4, 0.5) is 0 Å². The molecule has 1 atom stereocenters. The van der Waals surface area contributed by atoms with Gasteiger partial charge in [-0.3, -0.25) is 0 Å². The Balaban J connectivity index is 2.40.